The molecular formula is C53H90FN5O13. The van der Waals surface area contributed by atoms with E-state index in [0.29, 0.717) is 37.3 Å². The summed E-state index contributed by atoms with van der Waals surface area (Å²) in [6.45, 7) is 18.5. The van der Waals surface area contributed by atoms with Crippen molar-refractivity contribution in [3.05, 3.63) is 29.8 Å². The molecule has 19 heteroatoms. The van der Waals surface area contributed by atoms with Crippen LogP contribution in [-0.2, 0) is 39.7 Å². The maximum absolute atomic E-state index is 14.4. The normalized spacial score (nSPS) is 44.1. The smallest absolute Gasteiger partial charge is 0.311 e. The second-order valence-corrected chi connectivity index (χ2v) is 23.4. The number of esters is 1. The third-order valence-corrected chi connectivity index (χ3v) is 17.0. The molecule has 72 heavy (non-hydrogen) atoms. The standard InChI is InChI=1S/C53H90FN5O13/c1-13-40-53(10,67)46(62)32(6)58(12)25-28(2)22-52(9,66)48(30(4)45(31(5)49(64)70-40)71-42-23-51(8,65)47(63)33(7)69-42)72-50-44(61)39(20-29(3)68-50)57(11)19-18-41(60)56-35(24-54)21-34-14-16-36(17-15-34)59-26-37-38(27-59)43(37)55/h14-17,28-33,35,37-40,42-48,50,61-63,65-67H,13,18-27,55H2,1-12H3,(H,56,60)/t28-,29-,30+,31-,32-,33+,35+,37-,38+,39+,40-,42+,43?,44-,45+,46-,47+,48-,50+,51-,52-,53-/m1/s1. The van der Waals surface area contributed by atoms with Crippen molar-refractivity contribution in [2.45, 2.75) is 210 Å². The Morgan fingerprint density at radius 3 is 2.18 bits per heavy atom. The van der Waals surface area contributed by atoms with Crippen LogP contribution in [0.5, 0.6) is 0 Å². The molecule has 412 valence electrons. The number of benzene rings is 1. The SMILES string of the molecule is CC[C@H]1OC(=O)[C@H](C)[C@@H](O[C@H]2C[C@@](C)(O)[C@@H](O)[C@H](C)O2)[C@H](C)[C@@H](O[C@@H]2O[C@H](C)C[C@H](N(C)CCC(=O)N[C@H](CF)Cc3ccc(N4C[C@@H]5C(N)[C@@H]5C4)cc3)[C@H]2O)[C@](C)(O)C[C@@H](C)CN(C)[C@H](C)[C@@H](O)[C@]1(C)O. The number of alkyl halides is 1. The van der Waals surface area contributed by atoms with Gasteiger partial charge in [0.25, 0.3) is 0 Å². The summed E-state index contributed by atoms with van der Waals surface area (Å²) < 4.78 is 46.3. The maximum Gasteiger partial charge on any atom is 0.311 e. The van der Waals surface area contributed by atoms with Crippen molar-refractivity contribution in [1.82, 2.24) is 15.1 Å². The van der Waals surface area contributed by atoms with Crippen LogP contribution in [0.1, 0.15) is 107 Å². The van der Waals surface area contributed by atoms with Gasteiger partial charge in [-0.25, -0.2) is 4.39 Å². The molecule has 1 aromatic carbocycles. The number of nitrogens with two attached hydrogens (primary N) is 1. The van der Waals surface area contributed by atoms with E-state index in [-0.39, 0.29) is 44.1 Å². The Bertz CT molecular complexity index is 1920. The van der Waals surface area contributed by atoms with E-state index in [1.165, 1.54) is 13.8 Å². The molecule has 0 aromatic heterocycles. The number of hydrogen-bond acceptors (Lipinski definition) is 17. The number of cyclic esters (lactones) is 1. The number of hydrogen-bond donors (Lipinski definition) is 8. The van der Waals surface area contributed by atoms with Crippen molar-refractivity contribution < 1.29 is 68.3 Å². The van der Waals surface area contributed by atoms with E-state index in [4.69, 9.17) is 29.4 Å². The van der Waals surface area contributed by atoms with Crippen LogP contribution in [0.15, 0.2) is 24.3 Å². The molecule has 5 aliphatic rings. The van der Waals surface area contributed by atoms with Crippen LogP contribution < -0.4 is 16.0 Å². The number of ether oxygens (including phenoxy) is 5. The molecule has 0 bridgehead atoms. The van der Waals surface area contributed by atoms with E-state index in [1.807, 2.05) is 47.9 Å². The molecule has 1 aliphatic carbocycles. The van der Waals surface area contributed by atoms with Crippen LogP contribution >= 0.6 is 0 Å². The molecule has 0 spiro atoms. The van der Waals surface area contributed by atoms with Crippen molar-refractivity contribution in [1.29, 1.82) is 0 Å². The van der Waals surface area contributed by atoms with Gasteiger partial charge in [0.15, 0.2) is 12.6 Å². The van der Waals surface area contributed by atoms with E-state index in [2.05, 4.69) is 10.2 Å². The highest BCUT2D eigenvalue weighted by molar-refractivity contribution is 5.76. The fraction of sp³-hybridized carbons (Fsp3) is 0.849. The number of nitrogens with zero attached hydrogens (tertiary/aromatic N) is 3. The van der Waals surface area contributed by atoms with Gasteiger partial charge >= 0.3 is 5.97 Å². The number of amides is 1. The molecule has 4 saturated heterocycles. The third-order valence-electron chi connectivity index (χ3n) is 17.0. The molecule has 4 heterocycles. The number of likely N-dealkylation sites (N-methyl/N-ethyl adjacent to an activating group) is 2. The second kappa shape index (κ2) is 23.7. The van der Waals surface area contributed by atoms with E-state index in [9.17, 15) is 44.6 Å². The largest absolute Gasteiger partial charge is 0.459 e. The summed E-state index contributed by atoms with van der Waals surface area (Å²) in [6.07, 6.45) is -10.3. The summed E-state index contributed by atoms with van der Waals surface area (Å²) >= 11 is 0. The molecule has 0 radical (unpaired) electrons. The number of aliphatic hydroxyl groups excluding tert-OH is 3. The van der Waals surface area contributed by atoms with Crippen molar-refractivity contribution in [3.63, 3.8) is 0 Å². The average molecular weight is 1020 g/mol. The molecule has 5 fully saturated rings. The molecule has 1 saturated carbocycles. The topological polar surface area (TPSA) is 249 Å². The lowest BCUT2D eigenvalue weighted by Crippen LogP contribution is -2.60. The third kappa shape index (κ3) is 13.5. The van der Waals surface area contributed by atoms with Crippen molar-refractivity contribution in [2.24, 2.45) is 35.3 Å². The highest BCUT2D eigenvalue weighted by Crippen LogP contribution is 2.45. The van der Waals surface area contributed by atoms with Crippen molar-refractivity contribution >= 4 is 17.6 Å². The Balaban J connectivity index is 1.20. The molecule has 1 amide bonds. The van der Waals surface area contributed by atoms with E-state index in [0.717, 1.165) is 24.3 Å². The van der Waals surface area contributed by atoms with Gasteiger partial charge in [-0.2, -0.15) is 0 Å². The Morgan fingerprint density at radius 1 is 0.944 bits per heavy atom. The van der Waals surface area contributed by atoms with E-state index in [1.54, 1.807) is 55.6 Å². The highest BCUT2D eigenvalue weighted by atomic mass is 19.1. The lowest BCUT2D eigenvalue weighted by Gasteiger charge is -2.48. The zero-order chi connectivity index (χ0) is 53.4. The number of nitrogens with one attached hydrogen (secondary N) is 1. The van der Waals surface area contributed by atoms with Gasteiger partial charge in [0.1, 0.15) is 36.7 Å². The van der Waals surface area contributed by atoms with Crippen LogP contribution in [-0.4, -0.2) is 202 Å². The zero-order valence-corrected chi connectivity index (χ0v) is 44.9. The maximum atomic E-state index is 14.4. The molecule has 1 aromatic rings. The molecule has 9 N–H and O–H groups in total. The van der Waals surface area contributed by atoms with Crippen LogP contribution in [0.25, 0.3) is 0 Å². The molecule has 4 aliphatic heterocycles. The van der Waals surface area contributed by atoms with Gasteiger partial charge < -0.3 is 80.1 Å². The van der Waals surface area contributed by atoms with Crippen LogP contribution in [0.4, 0.5) is 10.1 Å². The number of carbonyl (C=O) groups is 2. The average Bonchev–Trinajstić information content (AvgIpc) is 3.67. The molecule has 6 rings (SSSR count). The number of anilines is 1. The van der Waals surface area contributed by atoms with Gasteiger partial charge in [0.2, 0.25) is 5.91 Å². The van der Waals surface area contributed by atoms with Gasteiger partial charge in [-0.15, -0.1) is 0 Å². The number of aliphatic hydroxyl groups is 6. The van der Waals surface area contributed by atoms with Gasteiger partial charge in [0.05, 0.1) is 47.6 Å². The van der Waals surface area contributed by atoms with Crippen molar-refractivity contribution in [3.8, 4) is 0 Å². The first-order chi connectivity index (χ1) is 33.6. The lowest BCUT2D eigenvalue weighted by molar-refractivity contribution is -0.316. The second-order valence-electron chi connectivity index (χ2n) is 23.4. The Morgan fingerprint density at radius 2 is 1.58 bits per heavy atom. The first kappa shape index (κ1) is 58.6. The number of fused-ring (bicyclic) bond motifs is 1. The molecular weight excluding hydrogens is 934 g/mol. The predicted molar refractivity (Wildman–Crippen MR) is 268 cm³/mol. The monoisotopic (exact) mass is 1020 g/mol. The first-order valence-electron chi connectivity index (χ1n) is 26.5. The van der Waals surface area contributed by atoms with Crippen LogP contribution in [0.3, 0.4) is 0 Å². The van der Waals surface area contributed by atoms with Crippen molar-refractivity contribution in [2.75, 3.05) is 51.8 Å². The minimum absolute atomic E-state index is 0.0266. The number of carbonyl (C=O) groups excluding carboxylic acids is 2. The minimum Gasteiger partial charge on any atom is -0.459 e. The number of halogens is 1. The lowest BCUT2D eigenvalue weighted by atomic mass is 9.77. The number of piperidine rings is 1. The summed E-state index contributed by atoms with van der Waals surface area (Å²) in [5.41, 5.74) is 2.94. The summed E-state index contributed by atoms with van der Waals surface area (Å²) in [4.78, 5) is 33.8. The minimum atomic E-state index is -1.87. The van der Waals surface area contributed by atoms with Crippen LogP contribution in [0, 0.1) is 29.6 Å². The Labute approximate surface area is 427 Å². The first-order valence-corrected chi connectivity index (χ1v) is 26.5. The fourth-order valence-corrected chi connectivity index (χ4v) is 12.3. The van der Waals surface area contributed by atoms with Gasteiger partial charge in [-0.3, -0.25) is 9.59 Å². The van der Waals surface area contributed by atoms with Gasteiger partial charge in [-0.05, 0) is 124 Å². The molecule has 18 nitrogen and oxygen atoms in total. The Kier molecular flexibility index (Phi) is 19.3. The van der Waals surface area contributed by atoms with E-state index < -0.39 is 121 Å². The van der Waals surface area contributed by atoms with Gasteiger partial charge in [0, 0.05) is 68.8 Å². The summed E-state index contributed by atoms with van der Waals surface area (Å²) in [6, 6.07) is 6.43. The zero-order valence-electron chi connectivity index (χ0n) is 44.9. The molecule has 1 unspecified atom stereocenters. The fourth-order valence-electron chi connectivity index (χ4n) is 12.3. The van der Waals surface area contributed by atoms with Gasteiger partial charge in [-0.1, -0.05) is 32.9 Å². The number of rotatable bonds is 14. The Hall–Kier alpha value is -2.63. The summed E-state index contributed by atoms with van der Waals surface area (Å²) in [5, 5.41) is 73.2. The predicted octanol–water partition coefficient (Wildman–Crippen LogP) is 2.10. The summed E-state index contributed by atoms with van der Waals surface area (Å²) in [5.74, 6) is -2.27. The summed E-state index contributed by atoms with van der Waals surface area (Å²) in [7, 11) is 3.59. The quantitative estimate of drug-likeness (QED) is 0.124. The highest BCUT2D eigenvalue weighted by Gasteiger charge is 2.54. The molecule has 22 atom stereocenters. The van der Waals surface area contributed by atoms with E-state index >= 15 is 0 Å². The van der Waals surface area contributed by atoms with Crippen LogP contribution in [0.2, 0.25) is 0 Å².